The quantitative estimate of drug-likeness (QED) is 0.759. The van der Waals surface area contributed by atoms with Gasteiger partial charge in [-0.2, -0.15) is 0 Å². The SMILES string of the molecule is CNc1ncnc(Sc2n[nH]c(=O)n2C)c1OC. The Morgan fingerprint density at radius 3 is 2.83 bits per heavy atom. The van der Waals surface area contributed by atoms with Gasteiger partial charge in [-0.15, -0.1) is 5.10 Å². The lowest BCUT2D eigenvalue weighted by Gasteiger charge is -2.09. The van der Waals surface area contributed by atoms with Crippen molar-refractivity contribution in [3.05, 3.63) is 16.8 Å². The van der Waals surface area contributed by atoms with Crippen molar-refractivity contribution in [3.63, 3.8) is 0 Å². The number of methoxy groups -OCH3 is 1. The highest BCUT2D eigenvalue weighted by Crippen LogP contribution is 2.34. The van der Waals surface area contributed by atoms with Crippen LogP contribution in [0.25, 0.3) is 0 Å². The number of ether oxygens (including phenoxy) is 1. The second kappa shape index (κ2) is 5.08. The van der Waals surface area contributed by atoms with Gasteiger partial charge in [-0.1, -0.05) is 0 Å². The molecule has 9 heteroatoms. The number of hydrogen-bond acceptors (Lipinski definition) is 7. The van der Waals surface area contributed by atoms with Crippen molar-refractivity contribution in [2.45, 2.75) is 10.2 Å². The van der Waals surface area contributed by atoms with Crippen LogP contribution >= 0.6 is 11.8 Å². The summed E-state index contributed by atoms with van der Waals surface area (Å²) in [6.45, 7) is 0. The first-order valence-corrected chi connectivity index (χ1v) is 5.85. The standard InChI is InChI=1S/C9H12N6O2S/c1-10-6-5(17-3)7(12-4-11-6)18-9-14-13-8(16)15(9)2/h4H,1-3H3,(H,13,16)(H,10,11,12). The molecule has 0 aliphatic heterocycles. The first kappa shape index (κ1) is 12.4. The molecule has 8 nitrogen and oxygen atoms in total. The molecule has 0 atom stereocenters. The van der Waals surface area contributed by atoms with Crippen LogP contribution in [-0.4, -0.2) is 38.9 Å². The summed E-state index contributed by atoms with van der Waals surface area (Å²) >= 11 is 1.22. The van der Waals surface area contributed by atoms with Gasteiger partial charge < -0.3 is 10.1 Å². The van der Waals surface area contributed by atoms with E-state index in [1.54, 1.807) is 14.1 Å². The molecule has 2 aromatic heterocycles. The molecule has 0 saturated carbocycles. The lowest BCUT2D eigenvalue weighted by molar-refractivity contribution is 0.400. The molecule has 2 heterocycles. The van der Waals surface area contributed by atoms with Crippen LogP contribution < -0.4 is 15.7 Å². The molecule has 0 amide bonds. The van der Waals surface area contributed by atoms with Crippen molar-refractivity contribution in [3.8, 4) is 5.75 Å². The van der Waals surface area contributed by atoms with E-state index in [0.29, 0.717) is 21.7 Å². The van der Waals surface area contributed by atoms with Crippen LogP contribution in [0.15, 0.2) is 21.3 Å². The summed E-state index contributed by atoms with van der Waals surface area (Å²) < 4.78 is 6.65. The Morgan fingerprint density at radius 2 is 2.28 bits per heavy atom. The minimum Gasteiger partial charge on any atom is -0.490 e. The number of anilines is 1. The monoisotopic (exact) mass is 268 g/mol. The minimum atomic E-state index is -0.278. The van der Waals surface area contributed by atoms with Gasteiger partial charge >= 0.3 is 5.69 Å². The second-order valence-electron chi connectivity index (χ2n) is 3.28. The van der Waals surface area contributed by atoms with Gasteiger partial charge in [-0.05, 0) is 11.8 Å². The smallest absolute Gasteiger partial charge is 0.343 e. The normalized spacial score (nSPS) is 10.4. The second-order valence-corrected chi connectivity index (χ2v) is 4.24. The van der Waals surface area contributed by atoms with Crippen LogP contribution in [-0.2, 0) is 7.05 Å². The maximum Gasteiger partial charge on any atom is 0.343 e. The topological polar surface area (TPSA) is 97.7 Å². The molecule has 0 aliphatic rings. The summed E-state index contributed by atoms with van der Waals surface area (Å²) in [6.07, 6.45) is 1.42. The molecular formula is C9H12N6O2S. The van der Waals surface area contributed by atoms with Gasteiger partial charge in [0.15, 0.2) is 21.7 Å². The molecule has 2 N–H and O–H groups in total. The highest BCUT2D eigenvalue weighted by molar-refractivity contribution is 7.99. The van der Waals surface area contributed by atoms with Gasteiger partial charge in [0.05, 0.1) is 7.11 Å². The Morgan fingerprint density at radius 1 is 1.50 bits per heavy atom. The van der Waals surface area contributed by atoms with Crippen molar-refractivity contribution in [2.75, 3.05) is 19.5 Å². The van der Waals surface area contributed by atoms with Crippen molar-refractivity contribution in [1.29, 1.82) is 0 Å². The molecular weight excluding hydrogens is 256 g/mol. The molecule has 0 fully saturated rings. The van der Waals surface area contributed by atoms with E-state index < -0.39 is 0 Å². The number of rotatable bonds is 4. The van der Waals surface area contributed by atoms with E-state index >= 15 is 0 Å². The zero-order valence-corrected chi connectivity index (χ0v) is 10.9. The molecule has 18 heavy (non-hydrogen) atoms. The van der Waals surface area contributed by atoms with Gasteiger partial charge in [0.25, 0.3) is 0 Å². The molecule has 0 radical (unpaired) electrons. The average Bonchev–Trinajstić information content (AvgIpc) is 2.70. The predicted molar refractivity (Wildman–Crippen MR) is 66.1 cm³/mol. The predicted octanol–water partition coefficient (Wildman–Crippen LogP) is 0.0999. The van der Waals surface area contributed by atoms with Gasteiger partial charge in [0, 0.05) is 14.1 Å². The number of nitrogens with zero attached hydrogens (tertiary/aromatic N) is 4. The average molecular weight is 268 g/mol. The first-order chi connectivity index (χ1) is 8.67. The summed E-state index contributed by atoms with van der Waals surface area (Å²) in [5.74, 6) is 1.09. The fraction of sp³-hybridized carbons (Fsp3) is 0.333. The molecule has 0 spiro atoms. The molecule has 0 saturated heterocycles. The molecule has 0 unspecified atom stereocenters. The maximum atomic E-state index is 11.3. The summed E-state index contributed by atoms with van der Waals surface area (Å²) in [4.78, 5) is 19.4. The summed E-state index contributed by atoms with van der Waals surface area (Å²) in [5.41, 5.74) is -0.278. The third kappa shape index (κ3) is 2.16. The molecule has 0 aliphatic carbocycles. The van der Waals surface area contributed by atoms with E-state index in [1.807, 2.05) is 0 Å². The van der Waals surface area contributed by atoms with Gasteiger partial charge in [0.2, 0.25) is 0 Å². The number of hydrogen-bond donors (Lipinski definition) is 2. The highest BCUT2D eigenvalue weighted by atomic mass is 32.2. The van der Waals surface area contributed by atoms with E-state index in [-0.39, 0.29) is 5.69 Å². The Balaban J connectivity index is 2.40. The van der Waals surface area contributed by atoms with Crippen LogP contribution in [0.2, 0.25) is 0 Å². The number of aromatic nitrogens is 5. The zero-order valence-electron chi connectivity index (χ0n) is 10.1. The fourth-order valence-electron chi connectivity index (χ4n) is 1.30. The van der Waals surface area contributed by atoms with Crippen molar-refractivity contribution >= 4 is 17.6 Å². The molecule has 0 bridgehead atoms. The Bertz CT molecular complexity index is 607. The van der Waals surface area contributed by atoms with Crippen LogP contribution in [0.5, 0.6) is 5.75 Å². The van der Waals surface area contributed by atoms with Crippen molar-refractivity contribution < 1.29 is 4.74 Å². The van der Waals surface area contributed by atoms with Crippen molar-refractivity contribution in [2.24, 2.45) is 7.05 Å². The van der Waals surface area contributed by atoms with Gasteiger partial charge in [-0.25, -0.2) is 19.9 Å². The Labute approximate surface area is 107 Å². The molecule has 0 aromatic carbocycles. The number of nitrogens with one attached hydrogen (secondary N) is 2. The largest absolute Gasteiger partial charge is 0.490 e. The lowest BCUT2D eigenvalue weighted by Crippen LogP contribution is -2.12. The van der Waals surface area contributed by atoms with E-state index in [2.05, 4.69) is 25.5 Å². The Hall–Kier alpha value is -2.03. The summed E-state index contributed by atoms with van der Waals surface area (Å²) in [6, 6.07) is 0. The Kier molecular flexibility index (Phi) is 3.51. The molecule has 2 aromatic rings. The van der Waals surface area contributed by atoms with E-state index in [9.17, 15) is 4.79 Å². The van der Waals surface area contributed by atoms with E-state index in [0.717, 1.165) is 0 Å². The van der Waals surface area contributed by atoms with Crippen LogP contribution in [0.1, 0.15) is 0 Å². The highest BCUT2D eigenvalue weighted by Gasteiger charge is 2.15. The third-order valence-corrected chi connectivity index (χ3v) is 3.27. The van der Waals surface area contributed by atoms with Gasteiger partial charge in [-0.3, -0.25) is 4.57 Å². The van der Waals surface area contributed by atoms with Crippen molar-refractivity contribution in [1.82, 2.24) is 24.7 Å². The zero-order chi connectivity index (χ0) is 13.1. The number of H-pyrrole nitrogens is 1. The van der Waals surface area contributed by atoms with Crippen LogP contribution in [0, 0.1) is 0 Å². The maximum absolute atomic E-state index is 11.3. The van der Waals surface area contributed by atoms with E-state index in [4.69, 9.17) is 4.74 Å². The van der Waals surface area contributed by atoms with Gasteiger partial charge in [0.1, 0.15) is 6.33 Å². The van der Waals surface area contributed by atoms with Crippen LogP contribution in [0.3, 0.4) is 0 Å². The molecule has 96 valence electrons. The third-order valence-electron chi connectivity index (χ3n) is 2.24. The van der Waals surface area contributed by atoms with Crippen LogP contribution in [0.4, 0.5) is 5.82 Å². The lowest BCUT2D eigenvalue weighted by atomic mass is 10.5. The summed E-state index contributed by atoms with van der Waals surface area (Å²) in [5, 5.41) is 10.2. The summed E-state index contributed by atoms with van der Waals surface area (Å²) in [7, 11) is 4.90. The number of aromatic amines is 1. The fourth-order valence-corrected chi connectivity index (χ4v) is 2.16. The first-order valence-electron chi connectivity index (χ1n) is 5.03. The molecule has 2 rings (SSSR count). The minimum absolute atomic E-state index is 0.278. The van der Waals surface area contributed by atoms with E-state index in [1.165, 1.54) is 29.8 Å².